The molecule has 2 N–H and O–H groups in total. The number of aliphatic hydroxyl groups excluding tert-OH is 1. The molecule has 0 aromatic carbocycles. The van der Waals surface area contributed by atoms with Crippen LogP contribution in [0.3, 0.4) is 0 Å². The molecule has 0 aromatic heterocycles. The topological polar surface area (TPSA) is 83.8 Å². The van der Waals surface area contributed by atoms with Gasteiger partial charge in [-0.1, -0.05) is 31.9 Å². The van der Waals surface area contributed by atoms with Crippen molar-refractivity contribution in [2.45, 2.75) is 76.9 Å². The highest BCUT2D eigenvalue weighted by Gasteiger charge is 2.39. The largest absolute Gasteiger partial charge is 0.469 e. The molecule has 5 nitrogen and oxygen atoms in total. The maximum absolute atomic E-state index is 12.2. The number of thioether (sulfide) groups is 1. The van der Waals surface area contributed by atoms with Crippen molar-refractivity contribution in [2.24, 2.45) is 11.8 Å². The van der Waals surface area contributed by atoms with Crippen LogP contribution in [0, 0.1) is 11.8 Å². The Morgan fingerprint density at radius 2 is 2.11 bits per heavy atom. The first kappa shape index (κ1) is 24.2. The van der Waals surface area contributed by atoms with Crippen LogP contribution in [-0.2, 0) is 14.3 Å². The number of carbonyl (C=O) groups excluding carboxylic acids is 2. The van der Waals surface area contributed by atoms with Crippen molar-refractivity contribution in [3.63, 3.8) is 0 Å². The van der Waals surface area contributed by atoms with Gasteiger partial charge in [0.1, 0.15) is 5.78 Å². The van der Waals surface area contributed by atoms with Crippen LogP contribution in [0.4, 0.5) is 0 Å². The first-order valence-corrected chi connectivity index (χ1v) is 11.2. The van der Waals surface area contributed by atoms with Gasteiger partial charge >= 0.3 is 5.97 Å². The van der Waals surface area contributed by atoms with E-state index in [1.807, 2.05) is 19.1 Å². The Kier molecular flexibility index (Phi) is 11.3. The summed E-state index contributed by atoms with van der Waals surface area (Å²) in [5.41, 5.74) is -0.731. The van der Waals surface area contributed by atoms with Crippen LogP contribution in [0.5, 0.6) is 0 Å². The Morgan fingerprint density at radius 1 is 1.37 bits per heavy atom. The Morgan fingerprint density at radius 3 is 2.78 bits per heavy atom. The maximum Gasteiger partial charge on any atom is 0.305 e. The average Bonchev–Trinajstić information content (AvgIpc) is 2.89. The monoisotopic (exact) mass is 400 g/mol. The Bertz CT molecular complexity index is 489. The number of hydrogen-bond donors (Lipinski definition) is 2. The average molecular weight is 401 g/mol. The first-order chi connectivity index (χ1) is 12.8. The van der Waals surface area contributed by atoms with Crippen molar-refractivity contribution in [3.05, 3.63) is 12.2 Å². The molecule has 27 heavy (non-hydrogen) atoms. The molecule has 1 saturated carbocycles. The van der Waals surface area contributed by atoms with Crippen molar-refractivity contribution >= 4 is 23.5 Å². The van der Waals surface area contributed by atoms with Crippen LogP contribution >= 0.6 is 11.8 Å². The maximum atomic E-state index is 12.2. The fourth-order valence-electron chi connectivity index (χ4n) is 3.46. The van der Waals surface area contributed by atoms with Gasteiger partial charge in [0, 0.05) is 24.7 Å². The molecular weight excluding hydrogens is 364 g/mol. The normalized spacial score (nSPS) is 25.1. The van der Waals surface area contributed by atoms with E-state index in [0.717, 1.165) is 43.6 Å². The zero-order chi connectivity index (χ0) is 20.3. The smallest absolute Gasteiger partial charge is 0.305 e. The summed E-state index contributed by atoms with van der Waals surface area (Å²) in [4.78, 5) is 23.3. The molecule has 1 unspecified atom stereocenters. The molecule has 0 radical (unpaired) electrons. The summed E-state index contributed by atoms with van der Waals surface area (Å²) in [6.45, 7) is 3.94. The summed E-state index contributed by atoms with van der Waals surface area (Å²) in [7, 11) is 1.39. The van der Waals surface area contributed by atoms with Crippen LogP contribution in [0.15, 0.2) is 12.2 Å². The lowest BCUT2D eigenvalue weighted by atomic mass is 9.89. The molecule has 1 aliphatic rings. The molecule has 156 valence electrons. The highest BCUT2D eigenvalue weighted by Crippen LogP contribution is 2.34. The third-order valence-electron chi connectivity index (χ3n) is 5.19. The number of esters is 1. The Balaban J connectivity index is 2.42. The molecule has 1 fully saturated rings. The summed E-state index contributed by atoms with van der Waals surface area (Å²) >= 11 is 1.73. The van der Waals surface area contributed by atoms with E-state index in [4.69, 9.17) is 0 Å². The lowest BCUT2D eigenvalue weighted by molar-refractivity contribution is -0.140. The van der Waals surface area contributed by atoms with Crippen molar-refractivity contribution in [3.8, 4) is 0 Å². The van der Waals surface area contributed by atoms with Gasteiger partial charge in [0.05, 0.1) is 18.8 Å². The fraction of sp³-hybridized carbons (Fsp3) is 0.810. The zero-order valence-electron chi connectivity index (χ0n) is 17.0. The van der Waals surface area contributed by atoms with E-state index in [9.17, 15) is 19.8 Å². The summed E-state index contributed by atoms with van der Waals surface area (Å²) in [5, 5.41) is 20.6. The second-order valence-electron chi connectivity index (χ2n) is 7.74. The van der Waals surface area contributed by atoms with E-state index >= 15 is 0 Å². The molecule has 0 bridgehead atoms. The van der Waals surface area contributed by atoms with Crippen molar-refractivity contribution < 1.29 is 24.5 Å². The van der Waals surface area contributed by atoms with Gasteiger partial charge < -0.3 is 14.9 Å². The number of hydrogen-bond acceptors (Lipinski definition) is 6. The molecule has 0 aliphatic heterocycles. The summed E-state index contributed by atoms with van der Waals surface area (Å²) in [6.07, 6.45) is 8.73. The standard InChI is InChI=1S/C21H36O5S/c1-4-5-11-21(2,25)12-6-8-16-17(19(23)15-18(16)22)10-14-27-13-7-9-20(24)26-3/h6,8,16-18,22,25H,4-5,7,9-15H2,1-3H3/b8-6+/t16-,17-,18-,21?/m1/s1. The van der Waals surface area contributed by atoms with Gasteiger partial charge in [-0.05, 0) is 44.1 Å². The molecular formula is C21H36O5S. The second kappa shape index (κ2) is 12.6. The summed E-state index contributed by atoms with van der Waals surface area (Å²) in [5.74, 6) is 1.33. The zero-order valence-corrected chi connectivity index (χ0v) is 17.8. The van der Waals surface area contributed by atoms with Gasteiger partial charge in [0.15, 0.2) is 0 Å². The number of ketones is 1. The molecule has 0 spiro atoms. The number of Topliss-reactive ketones (excluding diaryl/α,β-unsaturated/α-hetero) is 1. The molecule has 0 amide bonds. The minimum atomic E-state index is -0.731. The van der Waals surface area contributed by atoms with Gasteiger partial charge in [-0.25, -0.2) is 0 Å². The Labute approximate surface area is 167 Å². The molecule has 6 heteroatoms. The van der Waals surface area contributed by atoms with Gasteiger partial charge in [0.25, 0.3) is 0 Å². The highest BCUT2D eigenvalue weighted by molar-refractivity contribution is 7.99. The predicted molar refractivity (Wildman–Crippen MR) is 110 cm³/mol. The highest BCUT2D eigenvalue weighted by atomic mass is 32.2. The molecule has 1 aliphatic carbocycles. The third kappa shape index (κ3) is 9.26. The van der Waals surface area contributed by atoms with Crippen molar-refractivity contribution in [2.75, 3.05) is 18.6 Å². The van der Waals surface area contributed by atoms with Gasteiger partial charge in [-0.2, -0.15) is 11.8 Å². The lowest BCUT2D eigenvalue weighted by Gasteiger charge is -2.22. The van der Waals surface area contributed by atoms with E-state index in [0.29, 0.717) is 12.8 Å². The quantitative estimate of drug-likeness (QED) is 0.280. The third-order valence-corrected chi connectivity index (χ3v) is 6.29. The summed E-state index contributed by atoms with van der Waals surface area (Å²) < 4.78 is 4.61. The van der Waals surface area contributed by atoms with E-state index in [1.165, 1.54) is 7.11 Å². The number of methoxy groups -OCH3 is 1. The number of aliphatic hydroxyl groups is 2. The van der Waals surface area contributed by atoms with Crippen LogP contribution in [0.25, 0.3) is 0 Å². The number of unbranched alkanes of at least 4 members (excludes halogenated alkanes) is 1. The van der Waals surface area contributed by atoms with Crippen molar-refractivity contribution in [1.82, 2.24) is 0 Å². The van der Waals surface area contributed by atoms with Gasteiger partial charge in [-0.3, -0.25) is 9.59 Å². The lowest BCUT2D eigenvalue weighted by Crippen LogP contribution is -2.23. The molecule has 4 atom stereocenters. The number of ether oxygens (including phenoxy) is 1. The van der Waals surface area contributed by atoms with E-state index < -0.39 is 11.7 Å². The summed E-state index contributed by atoms with van der Waals surface area (Å²) in [6, 6.07) is 0. The van der Waals surface area contributed by atoms with Crippen LogP contribution in [-0.4, -0.2) is 52.3 Å². The van der Waals surface area contributed by atoms with Crippen LogP contribution in [0.2, 0.25) is 0 Å². The number of rotatable bonds is 13. The van der Waals surface area contributed by atoms with Crippen LogP contribution < -0.4 is 0 Å². The minimum Gasteiger partial charge on any atom is -0.469 e. The van der Waals surface area contributed by atoms with E-state index in [1.54, 1.807) is 11.8 Å². The van der Waals surface area contributed by atoms with Crippen molar-refractivity contribution in [1.29, 1.82) is 0 Å². The Hall–Kier alpha value is -0.850. The van der Waals surface area contributed by atoms with Gasteiger partial charge in [-0.15, -0.1) is 0 Å². The predicted octanol–water partition coefficient (Wildman–Crippen LogP) is 3.52. The first-order valence-electron chi connectivity index (χ1n) is 10.0. The number of carbonyl (C=O) groups is 2. The molecule has 1 rings (SSSR count). The molecule has 0 aromatic rings. The van der Waals surface area contributed by atoms with Gasteiger partial charge in [0.2, 0.25) is 0 Å². The molecule has 0 heterocycles. The fourth-order valence-corrected chi connectivity index (χ4v) is 4.44. The second-order valence-corrected chi connectivity index (χ2v) is 8.96. The molecule has 0 saturated heterocycles. The van der Waals surface area contributed by atoms with E-state index in [2.05, 4.69) is 11.7 Å². The minimum absolute atomic E-state index is 0.130. The van der Waals surface area contributed by atoms with Crippen LogP contribution in [0.1, 0.15) is 65.2 Å². The SMILES string of the molecule is CCCCC(C)(O)C/C=C/[C@H]1[C@H](O)CC(=O)[C@@H]1CCSCCCC(=O)OC. The van der Waals surface area contributed by atoms with E-state index in [-0.39, 0.29) is 30.0 Å².